The summed E-state index contributed by atoms with van der Waals surface area (Å²) in [6.07, 6.45) is 5.04. The predicted octanol–water partition coefficient (Wildman–Crippen LogP) is 3.09. The maximum atomic E-state index is 13.0. The highest BCUT2D eigenvalue weighted by atomic mass is 127. The summed E-state index contributed by atoms with van der Waals surface area (Å²) in [7, 11) is 1.80. The Balaban J connectivity index is 0.00000243. The van der Waals surface area contributed by atoms with Crippen molar-refractivity contribution in [3.8, 4) is 0 Å². The first kappa shape index (κ1) is 21.2. The Morgan fingerprint density at radius 1 is 1.12 bits per heavy atom. The van der Waals surface area contributed by atoms with Gasteiger partial charge in [-0.15, -0.1) is 24.0 Å². The second-order valence-corrected chi connectivity index (χ2v) is 7.03. The van der Waals surface area contributed by atoms with Crippen molar-refractivity contribution in [3.05, 3.63) is 30.1 Å². The molecule has 0 atom stereocenters. The van der Waals surface area contributed by atoms with Gasteiger partial charge in [0.1, 0.15) is 5.82 Å². The Hall–Kier alpha value is -1.09. The zero-order valence-corrected chi connectivity index (χ0v) is 17.8. The number of hydrogen-bond donors (Lipinski definition) is 1. The van der Waals surface area contributed by atoms with Crippen molar-refractivity contribution in [2.45, 2.75) is 31.8 Å². The van der Waals surface area contributed by atoms with Crippen LogP contribution in [0.5, 0.6) is 0 Å². The zero-order chi connectivity index (χ0) is 17.6. The highest BCUT2D eigenvalue weighted by Crippen LogP contribution is 2.26. The number of anilines is 1. The van der Waals surface area contributed by atoms with E-state index < -0.39 is 0 Å². The Morgan fingerprint density at radius 2 is 1.73 bits per heavy atom. The Bertz CT molecular complexity index is 567. The number of hydrogen-bond acceptors (Lipinski definition) is 3. The average molecular weight is 476 g/mol. The van der Waals surface area contributed by atoms with Gasteiger partial charge in [-0.25, -0.2) is 4.39 Å². The Kier molecular flexibility index (Phi) is 8.40. The van der Waals surface area contributed by atoms with Gasteiger partial charge in [0.15, 0.2) is 5.96 Å². The van der Waals surface area contributed by atoms with E-state index in [4.69, 9.17) is 10.5 Å². The van der Waals surface area contributed by atoms with E-state index in [9.17, 15) is 4.39 Å². The topological polar surface area (TPSA) is 54.1 Å². The molecule has 0 radical (unpaired) electrons. The molecular formula is C19H30FIN4O. The van der Waals surface area contributed by atoms with Crippen LogP contribution in [0.1, 0.15) is 25.7 Å². The lowest BCUT2D eigenvalue weighted by Gasteiger charge is -2.36. The lowest BCUT2D eigenvalue weighted by molar-refractivity contribution is 0.0580. The monoisotopic (exact) mass is 476 g/mol. The van der Waals surface area contributed by atoms with Crippen LogP contribution in [0.15, 0.2) is 29.3 Å². The minimum Gasteiger partial charge on any atom is -0.381 e. The number of nitrogens with zero attached hydrogens (tertiary/aromatic N) is 3. The quantitative estimate of drug-likeness (QED) is 0.413. The maximum Gasteiger partial charge on any atom is 0.191 e. The second-order valence-electron chi connectivity index (χ2n) is 7.03. The third-order valence-corrected chi connectivity index (χ3v) is 5.43. The first-order valence-electron chi connectivity index (χ1n) is 9.24. The number of guanidine groups is 1. The van der Waals surface area contributed by atoms with Gasteiger partial charge < -0.3 is 20.3 Å². The van der Waals surface area contributed by atoms with E-state index in [2.05, 4.69) is 14.8 Å². The standard InChI is InChI=1S/C19H29FN4O.HI/c1-25-18-8-2-15(3-9-18)14-22-19(21)24-12-10-23(11-13-24)17-6-4-16(20)5-7-17;/h4-7,15,18H,2-3,8-14H2,1H3,(H2,21,22);1H. The molecule has 1 aliphatic heterocycles. The van der Waals surface area contributed by atoms with E-state index in [1.807, 2.05) is 12.1 Å². The number of ether oxygens (including phenoxy) is 1. The summed E-state index contributed by atoms with van der Waals surface area (Å²) >= 11 is 0. The first-order valence-corrected chi connectivity index (χ1v) is 9.24. The summed E-state index contributed by atoms with van der Waals surface area (Å²) in [4.78, 5) is 9.06. The van der Waals surface area contributed by atoms with Gasteiger partial charge in [0.25, 0.3) is 0 Å². The SMILES string of the molecule is COC1CCC(CN=C(N)N2CCN(c3ccc(F)cc3)CC2)CC1.I. The molecule has 26 heavy (non-hydrogen) atoms. The Labute approximate surface area is 172 Å². The lowest BCUT2D eigenvalue weighted by Crippen LogP contribution is -2.51. The molecule has 3 rings (SSSR count). The molecule has 5 nitrogen and oxygen atoms in total. The molecule has 1 saturated heterocycles. The van der Waals surface area contributed by atoms with Crippen LogP contribution in [0.2, 0.25) is 0 Å². The molecular weight excluding hydrogens is 446 g/mol. The van der Waals surface area contributed by atoms with Crippen LogP contribution in [0.3, 0.4) is 0 Å². The van der Waals surface area contributed by atoms with Crippen molar-refractivity contribution in [2.24, 2.45) is 16.6 Å². The summed E-state index contributed by atoms with van der Waals surface area (Å²) in [5.74, 6) is 1.09. The highest BCUT2D eigenvalue weighted by molar-refractivity contribution is 14.0. The van der Waals surface area contributed by atoms with E-state index in [0.29, 0.717) is 18.0 Å². The molecule has 2 N–H and O–H groups in total. The third kappa shape index (κ3) is 5.70. The van der Waals surface area contributed by atoms with Crippen molar-refractivity contribution in [3.63, 3.8) is 0 Å². The molecule has 1 saturated carbocycles. The number of aliphatic imine (C=N–C) groups is 1. The summed E-state index contributed by atoms with van der Waals surface area (Å²) in [5, 5.41) is 0. The Morgan fingerprint density at radius 3 is 2.31 bits per heavy atom. The first-order chi connectivity index (χ1) is 12.2. The highest BCUT2D eigenvalue weighted by Gasteiger charge is 2.22. The summed E-state index contributed by atoms with van der Waals surface area (Å²) in [5.41, 5.74) is 7.27. The van der Waals surface area contributed by atoms with Crippen molar-refractivity contribution in [2.75, 3.05) is 44.7 Å². The van der Waals surface area contributed by atoms with E-state index in [1.165, 1.54) is 25.0 Å². The summed E-state index contributed by atoms with van der Waals surface area (Å²) < 4.78 is 18.5. The summed E-state index contributed by atoms with van der Waals surface area (Å²) in [6.45, 7) is 4.27. The molecule has 0 aromatic heterocycles. The van der Waals surface area contributed by atoms with Gasteiger partial charge in [0, 0.05) is 45.5 Å². The van der Waals surface area contributed by atoms with Crippen molar-refractivity contribution in [1.29, 1.82) is 0 Å². The average Bonchev–Trinajstić information content (AvgIpc) is 2.67. The van der Waals surface area contributed by atoms with Crippen LogP contribution in [0.4, 0.5) is 10.1 Å². The van der Waals surface area contributed by atoms with Crippen LogP contribution in [-0.4, -0.2) is 56.8 Å². The fourth-order valence-electron chi connectivity index (χ4n) is 3.72. The number of methoxy groups -OCH3 is 1. The minimum atomic E-state index is -0.196. The van der Waals surface area contributed by atoms with Crippen molar-refractivity contribution >= 4 is 35.6 Å². The van der Waals surface area contributed by atoms with E-state index in [-0.39, 0.29) is 29.8 Å². The van der Waals surface area contributed by atoms with Crippen LogP contribution < -0.4 is 10.6 Å². The number of nitrogens with two attached hydrogens (primary N) is 1. The van der Waals surface area contributed by atoms with Crippen molar-refractivity contribution < 1.29 is 9.13 Å². The number of piperazine rings is 1. The fourth-order valence-corrected chi connectivity index (χ4v) is 3.72. The minimum absolute atomic E-state index is 0. The van der Waals surface area contributed by atoms with Gasteiger partial charge in [0.05, 0.1) is 6.10 Å². The van der Waals surface area contributed by atoms with Crippen LogP contribution in [0, 0.1) is 11.7 Å². The van der Waals surface area contributed by atoms with Crippen LogP contribution >= 0.6 is 24.0 Å². The molecule has 0 spiro atoms. The van der Waals surface area contributed by atoms with Gasteiger partial charge in [0.2, 0.25) is 0 Å². The zero-order valence-electron chi connectivity index (χ0n) is 15.4. The van der Waals surface area contributed by atoms with Gasteiger partial charge in [-0.2, -0.15) is 0 Å². The number of benzene rings is 1. The molecule has 1 aliphatic carbocycles. The molecule has 146 valence electrons. The van der Waals surface area contributed by atoms with Gasteiger partial charge >= 0.3 is 0 Å². The third-order valence-electron chi connectivity index (χ3n) is 5.43. The molecule has 1 aromatic rings. The summed E-state index contributed by atoms with van der Waals surface area (Å²) in [6, 6.07) is 6.68. The van der Waals surface area contributed by atoms with Gasteiger partial charge in [-0.05, 0) is 55.9 Å². The normalized spacial score (nSPS) is 24.3. The van der Waals surface area contributed by atoms with E-state index in [1.54, 1.807) is 7.11 Å². The predicted molar refractivity (Wildman–Crippen MR) is 115 cm³/mol. The molecule has 7 heteroatoms. The smallest absolute Gasteiger partial charge is 0.191 e. The molecule has 0 unspecified atom stereocenters. The number of rotatable bonds is 4. The molecule has 0 bridgehead atoms. The largest absolute Gasteiger partial charge is 0.381 e. The van der Waals surface area contributed by atoms with Crippen LogP contribution in [-0.2, 0) is 4.74 Å². The van der Waals surface area contributed by atoms with Crippen molar-refractivity contribution in [1.82, 2.24) is 4.90 Å². The molecule has 0 amide bonds. The fraction of sp³-hybridized carbons (Fsp3) is 0.632. The lowest BCUT2D eigenvalue weighted by atomic mass is 9.87. The van der Waals surface area contributed by atoms with Gasteiger partial charge in [-0.1, -0.05) is 0 Å². The maximum absolute atomic E-state index is 13.0. The second kappa shape index (κ2) is 10.3. The number of halogens is 2. The van der Waals surface area contributed by atoms with Crippen LogP contribution in [0.25, 0.3) is 0 Å². The molecule has 2 fully saturated rings. The molecule has 1 aromatic carbocycles. The van der Waals surface area contributed by atoms with E-state index in [0.717, 1.165) is 51.3 Å². The molecule has 1 heterocycles. The molecule has 2 aliphatic rings. The van der Waals surface area contributed by atoms with Gasteiger partial charge in [-0.3, -0.25) is 4.99 Å². The van der Waals surface area contributed by atoms with E-state index >= 15 is 0 Å².